The number of likely N-dealkylation sites (N-methyl/N-ethyl adjacent to an activating group) is 1. The number of hydrogen-bond acceptors (Lipinski definition) is 7. The number of aliphatic imine (C=N–C) groups is 1. The van der Waals surface area contributed by atoms with Crippen molar-refractivity contribution >= 4 is 16.6 Å². The summed E-state index contributed by atoms with van der Waals surface area (Å²) in [5.74, 6) is 0.759. The lowest BCUT2D eigenvalue weighted by Crippen LogP contribution is -2.40. The zero-order valence-electron chi connectivity index (χ0n) is 20.0. The molecule has 1 aliphatic heterocycles. The van der Waals surface area contributed by atoms with Crippen LogP contribution >= 0.6 is 0 Å². The molecular formula is C24H33N7O2. The van der Waals surface area contributed by atoms with E-state index in [1.165, 1.54) is 0 Å². The van der Waals surface area contributed by atoms with Gasteiger partial charge in [0, 0.05) is 43.3 Å². The molecule has 0 aliphatic carbocycles. The smallest absolute Gasteiger partial charge is 0.219 e. The number of nitrogens with one attached hydrogen (secondary N) is 1. The van der Waals surface area contributed by atoms with Crippen molar-refractivity contribution in [3.05, 3.63) is 41.4 Å². The first-order valence-electron chi connectivity index (χ1n) is 11.3. The number of rotatable bonds is 2. The van der Waals surface area contributed by atoms with E-state index in [2.05, 4.69) is 40.2 Å². The Bertz CT molecular complexity index is 1210. The minimum Gasteiger partial charge on any atom is -0.476 e. The van der Waals surface area contributed by atoms with Crippen molar-refractivity contribution < 1.29 is 9.84 Å². The third-order valence-electron chi connectivity index (χ3n) is 6.46. The van der Waals surface area contributed by atoms with Crippen molar-refractivity contribution in [2.45, 2.75) is 38.8 Å². The molecule has 4 rings (SSSR count). The highest BCUT2D eigenvalue weighted by molar-refractivity contribution is 6.00. The quantitative estimate of drug-likeness (QED) is 0.516. The van der Waals surface area contributed by atoms with Crippen LogP contribution in [0.5, 0.6) is 5.88 Å². The Balaban J connectivity index is 1.88. The van der Waals surface area contributed by atoms with Crippen LogP contribution < -0.4 is 10.5 Å². The third-order valence-corrected chi connectivity index (χ3v) is 6.46. The minimum absolute atomic E-state index is 0.0781. The van der Waals surface area contributed by atoms with E-state index < -0.39 is 6.23 Å². The average Bonchev–Trinajstić information content (AvgIpc) is 3.40. The molecule has 9 heteroatoms. The fourth-order valence-electron chi connectivity index (χ4n) is 4.49. The lowest BCUT2D eigenvalue weighted by atomic mass is 9.90. The van der Waals surface area contributed by atoms with Gasteiger partial charge in [0.05, 0.1) is 23.0 Å². The number of hydrogen-bond donors (Lipinski definition) is 3. The summed E-state index contributed by atoms with van der Waals surface area (Å²) in [5.41, 5.74) is 12.6. The molecule has 1 aliphatic rings. The number of benzene rings is 1. The first-order valence-corrected chi connectivity index (χ1v) is 11.3. The number of nitrogens with two attached hydrogens (primary N) is 1. The maximum atomic E-state index is 11.0. The Hall–Kier alpha value is -3.17. The highest BCUT2D eigenvalue weighted by atomic mass is 16.5. The van der Waals surface area contributed by atoms with Crippen LogP contribution in [0.3, 0.4) is 0 Å². The van der Waals surface area contributed by atoms with E-state index in [9.17, 15) is 5.11 Å². The normalized spacial score (nSPS) is 21.1. The molecule has 0 fully saturated rings. The van der Waals surface area contributed by atoms with Gasteiger partial charge in [-0.3, -0.25) is 15.0 Å². The molecule has 0 saturated heterocycles. The number of H-pyrrole nitrogens is 1. The summed E-state index contributed by atoms with van der Waals surface area (Å²) < 4.78 is 7.84. The molecule has 176 valence electrons. The van der Waals surface area contributed by atoms with Gasteiger partial charge in [-0.05, 0) is 43.2 Å². The number of allylic oxidation sites excluding steroid dienone is 1. The zero-order valence-corrected chi connectivity index (χ0v) is 20.0. The van der Waals surface area contributed by atoms with Crippen LogP contribution in [0.1, 0.15) is 38.3 Å². The van der Waals surface area contributed by atoms with E-state index in [-0.39, 0.29) is 5.92 Å². The summed E-state index contributed by atoms with van der Waals surface area (Å²) in [6.07, 6.45) is 2.24. The van der Waals surface area contributed by atoms with Crippen LogP contribution in [0.15, 0.2) is 40.7 Å². The predicted octanol–water partition coefficient (Wildman–Crippen LogP) is 2.79. The van der Waals surface area contributed by atoms with Crippen molar-refractivity contribution in [3.8, 4) is 17.0 Å². The first kappa shape index (κ1) is 23.0. The lowest BCUT2D eigenvalue weighted by Gasteiger charge is -2.27. The maximum Gasteiger partial charge on any atom is 0.219 e. The van der Waals surface area contributed by atoms with Gasteiger partial charge in [-0.2, -0.15) is 10.2 Å². The summed E-state index contributed by atoms with van der Waals surface area (Å²) in [5, 5.41) is 24.2. The SMILES string of the molecule is CCC(=NC)C1=C(N)C(O)N(C)CCOc2c(cnn2C)-c2ccc3n[nH]c(c3c2)C(C)C1. The van der Waals surface area contributed by atoms with Crippen LogP contribution in [0, 0.1) is 0 Å². The first-order chi connectivity index (χ1) is 15.8. The standard InChI is InChI=1S/C24H33N7O2/c1-6-19(26-3)16-11-14(2)22-17-12-15(7-8-20(17)28-29-22)18-13-27-31(5)24(18)33-10-9-30(4)23(32)21(16)25/h7-8,12-14,23,32H,6,9-11,25H2,1-5H3,(H,28,29). The molecule has 0 saturated carbocycles. The van der Waals surface area contributed by atoms with Gasteiger partial charge in [0.2, 0.25) is 5.88 Å². The number of ether oxygens (including phenoxy) is 1. The maximum absolute atomic E-state index is 11.0. The summed E-state index contributed by atoms with van der Waals surface area (Å²) in [7, 11) is 5.46. The Labute approximate surface area is 193 Å². The Morgan fingerprint density at radius 3 is 2.88 bits per heavy atom. The second-order valence-corrected chi connectivity index (χ2v) is 8.62. The Morgan fingerprint density at radius 1 is 1.36 bits per heavy atom. The number of aliphatic hydroxyl groups is 1. The molecule has 0 spiro atoms. The van der Waals surface area contributed by atoms with Crippen LogP contribution in [0.25, 0.3) is 22.0 Å². The summed E-state index contributed by atoms with van der Waals surface area (Å²) in [4.78, 5) is 6.26. The van der Waals surface area contributed by atoms with Gasteiger partial charge < -0.3 is 15.6 Å². The third kappa shape index (κ3) is 4.26. The van der Waals surface area contributed by atoms with Gasteiger partial charge in [-0.25, -0.2) is 4.68 Å². The van der Waals surface area contributed by atoms with E-state index in [0.717, 1.165) is 45.4 Å². The van der Waals surface area contributed by atoms with Crippen LogP contribution in [-0.4, -0.2) is 69.2 Å². The number of aryl methyl sites for hydroxylation is 1. The second-order valence-electron chi connectivity index (χ2n) is 8.62. The molecule has 0 amide bonds. The van der Waals surface area contributed by atoms with Crippen molar-refractivity contribution in [2.24, 2.45) is 17.8 Å². The predicted molar refractivity (Wildman–Crippen MR) is 130 cm³/mol. The molecule has 0 radical (unpaired) electrons. The van der Waals surface area contributed by atoms with Crippen molar-refractivity contribution in [3.63, 3.8) is 0 Å². The van der Waals surface area contributed by atoms with E-state index in [4.69, 9.17) is 10.5 Å². The fourth-order valence-corrected chi connectivity index (χ4v) is 4.49. The summed E-state index contributed by atoms with van der Waals surface area (Å²) >= 11 is 0. The molecule has 9 nitrogen and oxygen atoms in total. The number of aromatic nitrogens is 4. The molecule has 3 heterocycles. The molecule has 3 aromatic rings. The molecule has 1 aromatic carbocycles. The monoisotopic (exact) mass is 451 g/mol. The lowest BCUT2D eigenvalue weighted by molar-refractivity contribution is 0.0411. The van der Waals surface area contributed by atoms with Gasteiger partial charge >= 0.3 is 0 Å². The van der Waals surface area contributed by atoms with Crippen LogP contribution in [-0.2, 0) is 7.05 Å². The van der Waals surface area contributed by atoms with Gasteiger partial charge in [-0.1, -0.05) is 19.9 Å². The van der Waals surface area contributed by atoms with E-state index in [1.807, 2.05) is 32.4 Å². The Morgan fingerprint density at radius 2 is 2.15 bits per heavy atom. The molecule has 2 unspecified atom stereocenters. The number of aromatic amines is 1. The van der Waals surface area contributed by atoms with E-state index in [0.29, 0.717) is 31.1 Å². The van der Waals surface area contributed by atoms with Gasteiger partial charge in [0.15, 0.2) is 0 Å². The zero-order chi connectivity index (χ0) is 23.7. The fraction of sp³-hybridized carbons (Fsp3) is 0.458. The average molecular weight is 452 g/mol. The molecule has 2 bridgehead atoms. The molecule has 33 heavy (non-hydrogen) atoms. The second kappa shape index (κ2) is 9.36. The number of fused-ring (bicyclic) bond motifs is 3. The van der Waals surface area contributed by atoms with Crippen LogP contribution in [0.2, 0.25) is 0 Å². The summed E-state index contributed by atoms with van der Waals surface area (Å²) in [6, 6.07) is 6.19. The van der Waals surface area contributed by atoms with Crippen molar-refractivity contribution in [1.82, 2.24) is 24.9 Å². The highest BCUT2D eigenvalue weighted by Crippen LogP contribution is 2.35. The molecule has 4 N–H and O–H groups in total. The van der Waals surface area contributed by atoms with Gasteiger partial charge in [0.1, 0.15) is 12.8 Å². The largest absolute Gasteiger partial charge is 0.476 e. The Kier molecular flexibility index (Phi) is 6.53. The summed E-state index contributed by atoms with van der Waals surface area (Å²) in [6.45, 7) is 5.06. The van der Waals surface area contributed by atoms with Gasteiger partial charge in [-0.15, -0.1) is 0 Å². The number of nitrogens with zero attached hydrogens (tertiary/aromatic N) is 5. The topological polar surface area (TPSA) is 118 Å². The highest BCUT2D eigenvalue weighted by Gasteiger charge is 2.24. The number of aliphatic hydroxyl groups excluding tert-OH is 1. The molecule has 2 aromatic heterocycles. The van der Waals surface area contributed by atoms with Crippen molar-refractivity contribution in [1.29, 1.82) is 0 Å². The molecule has 2 atom stereocenters. The van der Waals surface area contributed by atoms with E-state index in [1.54, 1.807) is 16.6 Å². The van der Waals surface area contributed by atoms with Crippen molar-refractivity contribution in [2.75, 3.05) is 27.2 Å². The van der Waals surface area contributed by atoms with Crippen LogP contribution in [0.4, 0.5) is 0 Å². The van der Waals surface area contributed by atoms with E-state index >= 15 is 0 Å². The molecular weight excluding hydrogens is 418 g/mol. The van der Waals surface area contributed by atoms with Gasteiger partial charge in [0.25, 0.3) is 0 Å². The minimum atomic E-state index is -0.946.